The van der Waals surface area contributed by atoms with Crippen LogP contribution in [0.25, 0.3) is 0 Å². The average molecular weight is 339 g/mol. The fraction of sp³-hybridized carbons (Fsp3) is 0.667. The van der Waals surface area contributed by atoms with Gasteiger partial charge in [0.2, 0.25) is 0 Å². The van der Waals surface area contributed by atoms with Crippen LogP contribution in [0.4, 0.5) is 0 Å². The quantitative estimate of drug-likeness (QED) is 0.909. The molecule has 2 N–H and O–H groups in total. The van der Waals surface area contributed by atoms with E-state index in [1.165, 1.54) is 4.31 Å². The van der Waals surface area contributed by atoms with Crippen molar-refractivity contribution in [2.45, 2.75) is 36.1 Å². The predicted molar refractivity (Wildman–Crippen MR) is 80.8 cm³/mol. The molecule has 2 unspecified atom stereocenters. The van der Waals surface area contributed by atoms with Crippen molar-refractivity contribution in [3.63, 3.8) is 0 Å². The molecule has 0 aromatic carbocycles. The van der Waals surface area contributed by atoms with Crippen molar-refractivity contribution < 1.29 is 13.2 Å². The first kappa shape index (κ1) is 16.2. The Kier molecular flexibility index (Phi) is 5.09. The summed E-state index contributed by atoms with van der Waals surface area (Å²) in [6, 6.07) is 1.40. The average Bonchev–Trinajstić information content (AvgIpc) is 2.78. The molecule has 1 fully saturated rings. The van der Waals surface area contributed by atoms with Gasteiger partial charge in [-0.25, -0.2) is 8.42 Å². The lowest BCUT2D eigenvalue weighted by Crippen LogP contribution is -2.50. The van der Waals surface area contributed by atoms with Crippen molar-refractivity contribution in [2.75, 3.05) is 20.2 Å². The van der Waals surface area contributed by atoms with E-state index in [2.05, 4.69) is 0 Å². The van der Waals surface area contributed by atoms with Gasteiger partial charge >= 0.3 is 0 Å². The highest BCUT2D eigenvalue weighted by molar-refractivity contribution is 7.91. The van der Waals surface area contributed by atoms with Gasteiger partial charge in [0, 0.05) is 26.2 Å². The van der Waals surface area contributed by atoms with Gasteiger partial charge in [0.1, 0.15) is 4.21 Å². The van der Waals surface area contributed by atoms with Crippen LogP contribution in [0.15, 0.2) is 10.3 Å². The highest BCUT2D eigenvalue weighted by Gasteiger charge is 2.37. The Morgan fingerprint density at radius 1 is 1.60 bits per heavy atom. The number of piperidine rings is 1. The van der Waals surface area contributed by atoms with Gasteiger partial charge in [0.15, 0.2) is 0 Å². The van der Waals surface area contributed by atoms with Gasteiger partial charge < -0.3 is 10.5 Å². The molecular formula is C12H19ClN2O3S2. The van der Waals surface area contributed by atoms with E-state index >= 15 is 0 Å². The summed E-state index contributed by atoms with van der Waals surface area (Å²) in [5, 5.41) is 0. The Labute approximate surface area is 128 Å². The minimum Gasteiger partial charge on any atom is -0.381 e. The van der Waals surface area contributed by atoms with E-state index in [-0.39, 0.29) is 22.9 Å². The Balaban J connectivity index is 2.29. The molecule has 2 rings (SSSR count). The molecule has 1 aromatic rings. The first-order valence-electron chi connectivity index (χ1n) is 6.40. The van der Waals surface area contributed by atoms with Crippen LogP contribution >= 0.6 is 22.9 Å². The fourth-order valence-electron chi connectivity index (χ4n) is 2.41. The predicted octanol–water partition coefficient (Wildman–Crippen LogP) is 1.84. The summed E-state index contributed by atoms with van der Waals surface area (Å²) in [6.45, 7) is 2.52. The minimum absolute atomic E-state index is 0.0728. The maximum Gasteiger partial charge on any atom is 0.252 e. The van der Waals surface area contributed by atoms with E-state index in [0.717, 1.165) is 16.9 Å². The largest absolute Gasteiger partial charge is 0.381 e. The highest BCUT2D eigenvalue weighted by Crippen LogP contribution is 2.34. The molecule has 2 heterocycles. The van der Waals surface area contributed by atoms with Crippen molar-refractivity contribution in [1.29, 1.82) is 0 Å². The van der Waals surface area contributed by atoms with Crippen LogP contribution in [-0.2, 0) is 14.8 Å². The molecule has 0 saturated carbocycles. The number of thiophene rings is 1. The van der Waals surface area contributed by atoms with Gasteiger partial charge in [-0.05, 0) is 31.4 Å². The molecule has 114 valence electrons. The summed E-state index contributed by atoms with van der Waals surface area (Å²) in [5.41, 5.74) is 6.52. The molecule has 1 aliphatic rings. The lowest BCUT2D eigenvalue weighted by molar-refractivity contribution is 0.0402. The number of nitrogens with zero attached hydrogens (tertiary/aromatic N) is 1. The van der Waals surface area contributed by atoms with Crippen LogP contribution in [0.5, 0.6) is 0 Å². The Hall–Kier alpha value is -0.180. The Morgan fingerprint density at radius 3 is 2.80 bits per heavy atom. The maximum absolute atomic E-state index is 12.7. The number of sulfonamides is 1. The van der Waals surface area contributed by atoms with Crippen LogP contribution in [0.3, 0.4) is 0 Å². The second kappa shape index (κ2) is 6.29. The second-order valence-corrected chi connectivity index (χ2v) is 8.68. The van der Waals surface area contributed by atoms with Crippen molar-refractivity contribution in [3.8, 4) is 0 Å². The molecule has 8 heteroatoms. The zero-order valence-electron chi connectivity index (χ0n) is 11.5. The smallest absolute Gasteiger partial charge is 0.252 e. The molecule has 0 bridgehead atoms. The van der Waals surface area contributed by atoms with Crippen molar-refractivity contribution in [2.24, 2.45) is 5.73 Å². The van der Waals surface area contributed by atoms with E-state index in [4.69, 9.17) is 22.1 Å². The molecule has 1 saturated heterocycles. The third kappa shape index (κ3) is 3.03. The summed E-state index contributed by atoms with van der Waals surface area (Å²) < 4.78 is 33.0. The van der Waals surface area contributed by atoms with Gasteiger partial charge in [-0.15, -0.1) is 11.3 Å². The van der Waals surface area contributed by atoms with Gasteiger partial charge in [0.05, 0.1) is 10.4 Å². The zero-order valence-corrected chi connectivity index (χ0v) is 13.9. The Morgan fingerprint density at radius 2 is 2.30 bits per heavy atom. The molecular weight excluding hydrogens is 320 g/mol. The third-order valence-corrected chi connectivity index (χ3v) is 7.57. The van der Waals surface area contributed by atoms with Crippen molar-refractivity contribution in [3.05, 3.63) is 16.0 Å². The molecule has 1 aliphatic heterocycles. The first-order valence-corrected chi connectivity index (χ1v) is 9.04. The van der Waals surface area contributed by atoms with Crippen LogP contribution in [0, 0.1) is 6.92 Å². The number of nitrogens with two attached hydrogens (primary N) is 1. The SMILES string of the molecule is COC1CCN(S(=O)(=O)c2cc(C)c(Cl)s2)C(CN)C1. The number of methoxy groups -OCH3 is 1. The number of hydrogen-bond acceptors (Lipinski definition) is 5. The van der Waals surface area contributed by atoms with Gasteiger partial charge in [-0.3, -0.25) is 0 Å². The summed E-state index contributed by atoms with van der Waals surface area (Å²) >= 11 is 7.08. The van der Waals surface area contributed by atoms with E-state index in [1.807, 2.05) is 0 Å². The summed E-state index contributed by atoms with van der Waals surface area (Å²) in [5.74, 6) is 0. The van der Waals surface area contributed by atoms with Crippen molar-refractivity contribution >= 4 is 33.0 Å². The highest BCUT2D eigenvalue weighted by atomic mass is 35.5. The second-order valence-electron chi connectivity index (χ2n) is 4.91. The van der Waals surface area contributed by atoms with Crippen LogP contribution in [-0.4, -0.2) is 45.1 Å². The van der Waals surface area contributed by atoms with Crippen LogP contribution in [0.2, 0.25) is 4.34 Å². The minimum atomic E-state index is -3.52. The normalized spacial score (nSPS) is 25.0. The molecule has 2 atom stereocenters. The first-order chi connectivity index (χ1) is 9.40. The monoisotopic (exact) mass is 338 g/mol. The molecule has 20 heavy (non-hydrogen) atoms. The molecule has 1 aromatic heterocycles. The van der Waals surface area contributed by atoms with Gasteiger partial charge in [-0.1, -0.05) is 11.6 Å². The third-order valence-electron chi connectivity index (χ3n) is 3.62. The Bertz CT molecular complexity index is 554. The summed E-state index contributed by atoms with van der Waals surface area (Å²) in [4.78, 5) is 0. The molecule has 0 spiro atoms. The van der Waals surface area contributed by atoms with Gasteiger partial charge in [-0.2, -0.15) is 4.31 Å². The van der Waals surface area contributed by atoms with Crippen molar-refractivity contribution in [1.82, 2.24) is 4.31 Å². The zero-order chi connectivity index (χ0) is 14.9. The lowest BCUT2D eigenvalue weighted by atomic mass is 10.0. The number of aryl methyl sites for hydroxylation is 1. The molecule has 0 amide bonds. The summed E-state index contributed by atoms with van der Waals surface area (Å²) in [7, 11) is -1.88. The maximum atomic E-state index is 12.7. The standard InChI is InChI=1S/C12H19ClN2O3S2/c1-8-5-11(19-12(8)13)20(16,17)15-4-3-10(18-2)6-9(15)7-14/h5,9-10H,3-4,6-7,14H2,1-2H3. The summed E-state index contributed by atoms with van der Waals surface area (Å²) in [6.07, 6.45) is 1.39. The van der Waals surface area contributed by atoms with E-state index in [0.29, 0.717) is 23.7 Å². The van der Waals surface area contributed by atoms with Crippen LogP contribution in [0.1, 0.15) is 18.4 Å². The van der Waals surface area contributed by atoms with E-state index in [1.54, 1.807) is 20.1 Å². The topological polar surface area (TPSA) is 72.6 Å². The number of rotatable bonds is 4. The van der Waals surface area contributed by atoms with E-state index in [9.17, 15) is 8.42 Å². The number of hydrogen-bond donors (Lipinski definition) is 1. The number of halogens is 1. The molecule has 5 nitrogen and oxygen atoms in total. The van der Waals surface area contributed by atoms with E-state index < -0.39 is 10.0 Å². The van der Waals surface area contributed by atoms with Gasteiger partial charge in [0.25, 0.3) is 10.0 Å². The molecule has 0 radical (unpaired) electrons. The van der Waals surface area contributed by atoms with Crippen LogP contribution < -0.4 is 5.73 Å². The molecule has 0 aliphatic carbocycles. The number of ether oxygens (including phenoxy) is 1. The fourth-order valence-corrected chi connectivity index (χ4v) is 5.91. The lowest BCUT2D eigenvalue weighted by Gasteiger charge is -2.37.